The van der Waals surface area contributed by atoms with Crippen LogP contribution in [0.3, 0.4) is 0 Å². The Hall–Kier alpha value is -2.54. The van der Waals surface area contributed by atoms with E-state index < -0.39 is 5.91 Å². The number of fused-ring (bicyclic) bond motifs is 2. The van der Waals surface area contributed by atoms with Crippen LogP contribution in [-0.4, -0.2) is 18.6 Å². The van der Waals surface area contributed by atoms with Crippen LogP contribution in [0.2, 0.25) is 0 Å². The van der Waals surface area contributed by atoms with Crippen LogP contribution in [0.15, 0.2) is 18.2 Å². The molecule has 1 aromatic heterocycles. The summed E-state index contributed by atoms with van der Waals surface area (Å²) in [6.07, 6.45) is 3.94. The summed E-state index contributed by atoms with van der Waals surface area (Å²) in [7, 11) is 0. The number of amides is 2. The SMILES string of the molecule is CC[C@H]1CCc2c(sc(NC(=O)c3ccc4c(c3)OCO4)c2C(N)=O)C1. The second-order valence-electron chi connectivity index (χ2n) is 6.61. The van der Waals surface area contributed by atoms with E-state index in [1.54, 1.807) is 18.2 Å². The molecule has 0 fully saturated rings. The molecule has 2 amide bonds. The van der Waals surface area contributed by atoms with Gasteiger partial charge < -0.3 is 20.5 Å². The molecule has 0 radical (unpaired) electrons. The Morgan fingerprint density at radius 1 is 1.31 bits per heavy atom. The van der Waals surface area contributed by atoms with Crippen molar-refractivity contribution in [3.05, 3.63) is 39.8 Å². The molecule has 4 rings (SSSR count). The lowest BCUT2D eigenvalue weighted by Crippen LogP contribution is -2.19. The topological polar surface area (TPSA) is 90.7 Å². The van der Waals surface area contributed by atoms with E-state index in [0.29, 0.717) is 33.5 Å². The van der Waals surface area contributed by atoms with E-state index in [1.807, 2.05) is 0 Å². The third-order valence-electron chi connectivity index (χ3n) is 5.05. The number of benzene rings is 1. The highest BCUT2D eigenvalue weighted by molar-refractivity contribution is 7.17. The van der Waals surface area contributed by atoms with Crippen molar-refractivity contribution in [2.45, 2.75) is 32.6 Å². The van der Waals surface area contributed by atoms with Gasteiger partial charge in [-0.25, -0.2) is 0 Å². The van der Waals surface area contributed by atoms with Crippen LogP contribution in [0.4, 0.5) is 5.00 Å². The largest absolute Gasteiger partial charge is 0.454 e. The molecule has 0 spiro atoms. The number of nitrogens with one attached hydrogen (secondary N) is 1. The smallest absolute Gasteiger partial charge is 0.256 e. The Labute approximate surface area is 155 Å². The Balaban J connectivity index is 1.62. The fraction of sp³-hybridized carbons (Fsp3) is 0.368. The van der Waals surface area contributed by atoms with Crippen molar-refractivity contribution in [3.8, 4) is 11.5 Å². The lowest BCUT2D eigenvalue weighted by molar-refractivity contribution is 0.1000. The number of hydrogen-bond donors (Lipinski definition) is 2. The van der Waals surface area contributed by atoms with Crippen LogP contribution in [-0.2, 0) is 12.8 Å². The summed E-state index contributed by atoms with van der Waals surface area (Å²) in [4.78, 5) is 25.9. The molecule has 0 saturated carbocycles. The van der Waals surface area contributed by atoms with Crippen molar-refractivity contribution < 1.29 is 19.1 Å². The fourth-order valence-corrected chi connectivity index (χ4v) is 4.93. The molecule has 26 heavy (non-hydrogen) atoms. The highest BCUT2D eigenvalue weighted by Crippen LogP contribution is 2.40. The summed E-state index contributed by atoms with van der Waals surface area (Å²) < 4.78 is 10.6. The molecule has 1 aliphatic carbocycles. The molecule has 2 aliphatic rings. The van der Waals surface area contributed by atoms with E-state index in [2.05, 4.69) is 12.2 Å². The number of ether oxygens (including phenoxy) is 2. The summed E-state index contributed by atoms with van der Waals surface area (Å²) in [6.45, 7) is 2.34. The van der Waals surface area contributed by atoms with Gasteiger partial charge in [0, 0.05) is 10.4 Å². The molecule has 0 saturated heterocycles. The molecule has 1 atom stereocenters. The summed E-state index contributed by atoms with van der Waals surface area (Å²) in [5.74, 6) is 1.01. The monoisotopic (exact) mass is 372 g/mol. The van der Waals surface area contributed by atoms with Gasteiger partial charge in [0.1, 0.15) is 5.00 Å². The number of anilines is 1. The zero-order chi connectivity index (χ0) is 18.3. The molecule has 7 heteroatoms. The van der Waals surface area contributed by atoms with Gasteiger partial charge >= 0.3 is 0 Å². The van der Waals surface area contributed by atoms with Crippen molar-refractivity contribution in [1.82, 2.24) is 0 Å². The van der Waals surface area contributed by atoms with Gasteiger partial charge in [-0.2, -0.15) is 0 Å². The molecule has 0 unspecified atom stereocenters. The number of thiophene rings is 1. The molecule has 1 aliphatic heterocycles. The van der Waals surface area contributed by atoms with E-state index in [0.717, 1.165) is 36.1 Å². The van der Waals surface area contributed by atoms with Gasteiger partial charge in [0.25, 0.3) is 11.8 Å². The first-order valence-corrected chi connectivity index (χ1v) is 9.53. The molecule has 0 bridgehead atoms. The van der Waals surface area contributed by atoms with Gasteiger partial charge in [-0.15, -0.1) is 11.3 Å². The molecule has 6 nitrogen and oxygen atoms in total. The number of nitrogens with two attached hydrogens (primary N) is 1. The fourth-order valence-electron chi connectivity index (χ4n) is 3.56. The quantitative estimate of drug-likeness (QED) is 0.861. The zero-order valence-corrected chi connectivity index (χ0v) is 15.3. The maximum Gasteiger partial charge on any atom is 0.256 e. The van der Waals surface area contributed by atoms with Crippen LogP contribution in [0, 0.1) is 5.92 Å². The Morgan fingerprint density at radius 3 is 2.88 bits per heavy atom. The maximum atomic E-state index is 12.7. The highest BCUT2D eigenvalue weighted by Gasteiger charge is 2.28. The van der Waals surface area contributed by atoms with Crippen molar-refractivity contribution in [3.63, 3.8) is 0 Å². The first-order chi connectivity index (χ1) is 12.6. The molecule has 3 N–H and O–H groups in total. The predicted octanol–water partition coefficient (Wildman–Crippen LogP) is 3.34. The van der Waals surface area contributed by atoms with E-state index in [9.17, 15) is 9.59 Å². The minimum Gasteiger partial charge on any atom is -0.454 e. The lowest BCUT2D eigenvalue weighted by atomic mass is 9.85. The average Bonchev–Trinajstić information content (AvgIpc) is 3.23. The summed E-state index contributed by atoms with van der Waals surface area (Å²) in [5.41, 5.74) is 7.54. The van der Waals surface area contributed by atoms with Crippen molar-refractivity contribution in [1.29, 1.82) is 0 Å². The van der Waals surface area contributed by atoms with Gasteiger partial charge in [0.2, 0.25) is 6.79 Å². The molecular weight excluding hydrogens is 352 g/mol. The number of carbonyl (C=O) groups excluding carboxylic acids is 2. The van der Waals surface area contributed by atoms with Crippen molar-refractivity contribution >= 4 is 28.2 Å². The van der Waals surface area contributed by atoms with Crippen LogP contribution in [0.5, 0.6) is 11.5 Å². The first-order valence-electron chi connectivity index (χ1n) is 8.72. The van der Waals surface area contributed by atoms with Crippen LogP contribution in [0.1, 0.15) is 50.9 Å². The Kier molecular flexibility index (Phi) is 4.32. The van der Waals surface area contributed by atoms with E-state index in [4.69, 9.17) is 15.2 Å². The molecule has 1 aromatic carbocycles. The van der Waals surface area contributed by atoms with Crippen LogP contribution in [0.25, 0.3) is 0 Å². The van der Waals surface area contributed by atoms with E-state index >= 15 is 0 Å². The second kappa shape index (κ2) is 6.64. The molecule has 2 heterocycles. The number of carbonyl (C=O) groups is 2. The van der Waals surface area contributed by atoms with Gasteiger partial charge in [0.05, 0.1) is 5.56 Å². The van der Waals surface area contributed by atoms with Crippen molar-refractivity contribution in [2.24, 2.45) is 11.7 Å². The maximum absolute atomic E-state index is 12.7. The highest BCUT2D eigenvalue weighted by atomic mass is 32.1. The van der Waals surface area contributed by atoms with Crippen LogP contribution < -0.4 is 20.5 Å². The molecular formula is C19H20N2O4S. The summed E-state index contributed by atoms with van der Waals surface area (Å²) in [6, 6.07) is 5.02. The number of hydrogen-bond acceptors (Lipinski definition) is 5. The zero-order valence-electron chi connectivity index (χ0n) is 14.5. The minimum atomic E-state index is -0.488. The minimum absolute atomic E-state index is 0.155. The van der Waals surface area contributed by atoms with Gasteiger partial charge in [-0.1, -0.05) is 13.3 Å². The third-order valence-corrected chi connectivity index (χ3v) is 6.22. The number of rotatable bonds is 4. The Morgan fingerprint density at radius 2 is 2.12 bits per heavy atom. The van der Waals surface area contributed by atoms with Gasteiger partial charge in [0.15, 0.2) is 11.5 Å². The lowest BCUT2D eigenvalue weighted by Gasteiger charge is -2.20. The third kappa shape index (κ3) is 2.92. The first kappa shape index (κ1) is 16.9. The van der Waals surface area contributed by atoms with Gasteiger partial charge in [-0.3, -0.25) is 9.59 Å². The molecule has 2 aromatic rings. The van der Waals surface area contributed by atoms with E-state index in [-0.39, 0.29) is 12.7 Å². The summed E-state index contributed by atoms with van der Waals surface area (Å²) >= 11 is 1.47. The van der Waals surface area contributed by atoms with Gasteiger partial charge in [-0.05, 0) is 48.9 Å². The van der Waals surface area contributed by atoms with Crippen LogP contribution >= 0.6 is 11.3 Å². The predicted molar refractivity (Wildman–Crippen MR) is 99.2 cm³/mol. The summed E-state index contributed by atoms with van der Waals surface area (Å²) in [5, 5.41) is 3.42. The van der Waals surface area contributed by atoms with Crippen molar-refractivity contribution in [2.75, 3.05) is 12.1 Å². The normalized spacial score (nSPS) is 17.7. The Bertz CT molecular complexity index is 890. The standard InChI is InChI=1S/C19H20N2O4S/c1-2-10-3-5-12-15(7-10)26-19(16(12)17(20)22)21-18(23)11-4-6-13-14(8-11)25-9-24-13/h4,6,8,10H,2-3,5,7,9H2,1H3,(H2,20,22)(H,21,23)/t10-/m0/s1. The molecule has 136 valence electrons. The second-order valence-corrected chi connectivity index (χ2v) is 7.72. The number of primary amides is 1. The van der Waals surface area contributed by atoms with E-state index in [1.165, 1.54) is 11.3 Å². The average molecular weight is 372 g/mol.